The van der Waals surface area contributed by atoms with Gasteiger partial charge in [-0.2, -0.15) is 0 Å². The normalized spacial score (nSPS) is 16.2. The highest BCUT2D eigenvalue weighted by Crippen LogP contribution is 2.24. The van der Waals surface area contributed by atoms with Crippen LogP contribution in [0.25, 0.3) is 0 Å². The second kappa shape index (κ2) is 7.21. The molecule has 6 nitrogen and oxygen atoms in total. The van der Waals surface area contributed by atoms with E-state index in [4.69, 9.17) is 11.6 Å². The first-order valence-corrected chi connectivity index (χ1v) is 8.33. The van der Waals surface area contributed by atoms with Gasteiger partial charge in [0.25, 0.3) is 5.91 Å². The summed E-state index contributed by atoms with van der Waals surface area (Å²) in [6.45, 7) is 3.82. The van der Waals surface area contributed by atoms with E-state index in [1.807, 2.05) is 26.0 Å². The van der Waals surface area contributed by atoms with Gasteiger partial charge in [0, 0.05) is 18.6 Å². The van der Waals surface area contributed by atoms with Crippen LogP contribution in [0.5, 0.6) is 0 Å². The van der Waals surface area contributed by atoms with E-state index in [2.05, 4.69) is 5.32 Å². The topological polar surface area (TPSA) is 69.7 Å². The zero-order valence-corrected chi connectivity index (χ0v) is 14.9. The molecule has 1 aliphatic heterocycles. The highest BCUT2D eigenvalue weighted by molar-refractivity contribution is 6.30. The van der Waals surface area contributed by atoms with Crippen LogP contribution in [0.15, 0.2) is 24.3 Å². The van der Waals surface area contributed by atoms with Gasteiger partial charge in [-0.1, -0.05) is 37.6 Å². The molecule has 4 amide bonds. The lowest BCUT2D eigenvalue weighted by atomic mass is 9.93. The first-order valence-electron chi connectivity index (χ1n) is 7.95. The van der Waals surface area contributed by atoms with Crippen LogP contribution in [0.3, 0.4) is 0 Å². The number of nitrogens with one attached hydrogen (secondary N) is 1. The Balaban J connectivity index is 2.02. The van der Waals surface area contributed by atoms with Crippen molar-refractivity contribution in [3.05, 3.63) is 34.9 Å². The van der Waals surface area contributed by atoms with Crippen molar-refractivity contribution in [2.45, 2.75) is 38.8 Å². The third kappa shape index (κ3) is 3.53. The summed E-state index contributed by atoms with van der Waals surface area (Å²) in [5.74, 6) is -0.623. The molecule has 0 radical (unpaired) electrons. The molecule has 0 bridgehead atoms. The predicted molar refractivity (Wildman–Crippen MR) is 91.5 cm³/mol. The van der Waals surface area contributed by atoms with E-state index in [0.717, 1.165) is 10.5 Å². The first kappa shape index (κ1) is 18.3. The number of rotatable bonds is 6. The number of hydrogen-bond donors (Lipinski definition) is 1. The summed E-state index contributed by atoms with van der Waals surface area (Å²) >= 11 is 5.84. The van der Waals surface area contributed by atoms with E-state index in [0.29, 0.717) is 24.4 Å². The molecule has 1 N–H and O–H groups in total. The fourth-order valence-corrected chi connectivity index (χ4v) is 2.88. The summed E-state index contributed by atoms with van der Waals surface area (Å²) in [5, 5.41) is 3.35. The molecule has 1 saturated heterocycles. The molecule has 0 aliphatic carbocycles. The number of amides is 4. The van der Waals surface area contributed by atoms with E-state index in [1.165, 1.54) is 4.90 Å². The lowest BCUT2D eigenvalue weighted by Gasteiger charge is -2.24. The SMILES string of the molecule is CCC1(CC)NC(=O)N(CC(=O)N(C)Cc2ccc(Cl)cc2)C1=O. The molecule has 0 aromatic heterocycles. The van der Waals surface area contributed by atoms with Crippen LogP contribution in [-0.4, -0.2) is 46.8 Å². The van der Waals surface area contributed by atoms with E-state index in [-0.39, 0.29) is 18.4 Å². The molecule has 130 valence electrons. The number of benzene rings is 1. The summed E-state index contributed by atoms with van der Waals surface area (Å²) in [7, 11) is 1.64. The minimum atomic E-state index is -0.883. The fourth-order valence-electron chi connectivity index (χ4n) is 2.76. The number of carbonyl (C=O) groups excluding carboxylic acids is 3. The molecule has 2 rings (SSSR count). The van der Waals surface area contributed by atoms with Crippen molar-refractivity contribution in [1.82, 2.24) is 15.1 Å². The maximum absolute atomic E-state index is 12.5. The minimum Gasteiger partial charge on any atom is -0.340 e. The Kier molecular flexibility index (Phi) is 5.49. The number of nitrogens with zero attached hydrogens (tertiary/aromatic N) is 2. The van der Waals surface area contributed by atoms with E-state index >= 15 is 0 Å². The molecule has 0 atom stereocenters. The number of urea groups is 1. The highest BCUT2D eigenvalue weighted by atomic mass is 35.5. The largest absolute Gasteiger partial charge is 0.340 e. The summed E-state index contributed by atoms with van der Waals surface area (Å²) in [6, 6.07) is 6.67. The Bertz CT molecular complexity index is 641. The van der Waals surface area contributed by atoms with Gasteiger partial charge in [-0.15, -0.1) is 0 Å². The molecular weight excluding hydrogens is 330 g/mol. The molecule has 0 spiro atoms. The average molecular weight is 352 g/mol. The van der Waals surface area contributed by atoms with Crippen LogP contribution in [0.2, 0.25) is 5.02 Å². The first-order chi connectivity index (χ1) is 11.3. The number of carbonyl (C=O) groups is 3. The van der Waals surface area contributed by atoms with Gasteiger partial charge in [-0.25, -0.2) is 4.79 Å². The molecule has 1 heterocycles. The lowest BCUT2D eigenvalue weighted by Crippen LogP contribution is -2.46. The Morgan fingerprint density at radius 3 is 2.29 bits per heavy atom. The molecule has 7 heteroatoms. The highest BCUT2D eigenvalue weighted by Gasteiger charge is 2.49. The summed E-state index contributed by atoms with van der Waals surface area (Å²) in [5.41, 5.74) is 0.0375. The van der Waals surface area contributed by atoms with Crippen LogP contribution in [0.4, 0.5) is 4.79 Å². The second-order valence-electron chi connectivity index (χ2n) is 5.99. The zero-order valence-electron chi connectivity index (χ0n) is 14.1. The van der Waals surface area contributed by atoms with Gasteiger partial charge < -0.3 is 10.2 Å². The van der Waals surface area contributed by atoms with Gasteiger partial charge in [-0.3, -0.25) is 14.5 Å². The van der Waals surface area contributed by atoms with E-state index < -0.39 is 11.6 Å². The van der Waals surface area contributed by atoms with Crippen molar-refractivity contribution < 1.29 is 14.4 Å². The molecule has 1 fully saturated rings. The summed E-state index contributed by atoms with van der Waals surface area (Å²) in [4.78, 5) is 39.5. The Morgan fingerprint density at radius 2 is 1.79 bits per heavy atom. The fraction of sp³-hybridized carbons (Fsp3) is 0.471. The quantitative estimate of drug-likeness (QED) is 0.800. The van der Waals surface area contributed by atoms with Crippen LogP contribution >= 0.6 is 11.6 Å². The molecule has 1 aliphatic rings. The minimum absolute atomic E-state index is 0.253. The smallest absolute Gasteiger partial charge is 0.325 e. The molecule has 1 aromatic rings. The van der Waals surface area contributed by atoms with Crippen LogP contribution in [-0.2, 0) is 16.1 Å². The maximum atomic E-state index is 12.5. The van der Waals surface area contributed by atoms with Gasteiger partial charge in [0.05, 0.1) is 0 Å². The Labute approximate surface area is 146 Å². The van der Waals surface area contributed by atoms with Gasteiger partial charge in [-0.05, 0) is 30.5 Å². The Morgan fingerprint density at radius 1 is 1.21 bits per heavy atom. The van der Waals surface area contributed by atoms with Crippen molar-refractivity contribution >= 4 is 29.4 Å². The van der Waals surface area contributed by atoms with Gasteiger partial charge >= 0.3 is 6.03 Å². The van der Waals surface area contributed by atoms with Crippen LogP contribution in [0, 0.1) is 0 Å². The standard InChI is InChI=1S/C17H22ClN3O3/c1-4-17(5-2)15(23)21(16(24)19-17)11-14(22)20(3)10-12-6-8-13(18)9-7-12/h6-9H,4-5,10-11H2,1-3H3,(H,19,24). The van der Waals surface area contributed by atoms with Gasteiger partial charge in [0.2, 0.25) is 5.91 Å². The van der Waals surface area contributed by atoms with Crippen molar-refractivity contribution in [1.29, 1.82) is 0 Å². The summed E-state index contributed by atoms with van der Waals surface area (Å²) < 4.78 is 0. The number of imide groups is 1. The maximum Gasteiger partial charge on any atom is 0.325 e. The van der Waals surface area contributed by atoms with Crippen molar-refractivity contribution in [3.63, 3.8) is 0 Å². The summed E-state index contributed by atoms with van der Waals surface area (Å²) in [6.07, 6.45) is 0.999. The molecule has 24 heavy (non-hydrogen) atoms. The van der Waals surface area contributed by atoms with Gasteiger partial charge in [0.1, 0.15) is 12.1 Å². The van der Waals surface area contributed by atoms with E-state index in [1.54, 1.807) is 19.2 Å². The number of likely N-dealkylation sites (N-methyl/N-ethyl adjacent to an activating group) is 1. The molecule has 0 unspecified atom stereocenters. The third-order valence-corrected chi connectivity index (χ3v) is 4.76. The number of hydrogen-bond acceptors (Lipinski definition) is 3. The molecule has 0 saturated carbocycles. The lowest BCUT2D eigenvalue weighted by molar-refractivity contribution is -0.138. The zero-order chi connectivity index (χ0) is 17.9. The average Bonchev–Trinajstić information content (AvgIpc) is 2.81. The van der Waals surface area contributed by atoms with Gasteiger partial charge in [0.15, 0.2) is 0 Å². The van der Waals surface area contributed by atoms with Crippen molar-refractivity contribution in [2.24, 2.45) is 0 Å². The van der Waals surface area contributed by atoms with Crippen molar-refractivity contribution in [3.8, 4) is 0 Å². The Hall–Kier alpha value is -2.08. The third-order valence-electron chi connectivity index (χ3n) is 4.51. The van der Waals surface area contributed by atoms with Crippen molar-refractivity contribution in [2.75, 3.05) is 13.6 Å². The van der Waals surface area contributed by atoms with Crippen LogP contribution < -0.4 is 5.32 Å². The molecule has 1 aromatic carbocycles. The number of halogens is 1. The monoisotopic (exact) mass is 351 g/mol. The predicted octanol–water partition coefficient (Wildman–Crippen LogP) is 2.41. The van der Waals surface area contributed by atoms with Crippen LogP contribution in [0.1, 0.15) is 32.3 Å². The molecular formula is C17H22ClN3O3. The van der Waals surface area contributed by atoms with E-state index in [9.17, 15) is 14.4 Å². The second-order valence-corrected chi connectivity index (χ2v) is 6.42.